The fourth-order valence-electron chi connectivity index (χ4n) is 8.70. The van der Waals surface area contributed by atoms with Crippen molar-refractivity contribution < 1.29 is 0 Å². The summed E-state index contributed by atoms with van der Waals surface area (Å²) in [6.45, 7) is 2.03. The predicted molar refractivity (Wildman–Crippen MR) is 255 cm³/mol. The molecular formula is C58H39N3. The van der Waals surface area contributed by atoms with Crippen LogP contribution >= 0.6 is 0 Å². The van der Waals surface area contributed by atoms with Crippen molar-refractivity contribution in [3.8, 4) is 78.4 Å². The average molecular weight is 778 g/mol. The van der Waals surface area contributed by atoms with E-state index in [-0.39, 0.29) is 0 Å². The highest BCUT2D eigenvalue weighted by Gasteiger charge is 2.16. The maximum absolute atomic E-state index is 5.27. The van der Waals surface area contributed by atoms with Gasteiger partial charge in [0.2, 0.25) is 0 Å². The fourth-order valence-corrected chi connectivity index (χ4v) is 8.70. The third kappa shape index (κ3) is 6.92. The van der Waals surface area contributed by atoms with Crippen LogP contribution in [0.25, 0.3) is 111 Å². The summed E-state index contributed by atoms with van der Waals surface area (Å²) in [5, 5.41) is 7.54. The van der Waals surface area contributed by atoms with Gasteiger partial charge in [-0.1, -0.05) is 170 Å². The maximum Gasteiger partial charge on any atom is 0.160 e. The van der Waals surface area contributed by atoms with Crippen molar-refractivity contribution in [2.24, 2.45) is 0 Å². The summed E-state index contributed by atoms with van der Waals surface area (Å²) >= 11 is 0. The molecule has 61 heavy (non-hydrogen) atoms. The van der Waals surface area contributed by atoms with Gasteiger partial charge >= 0.3 is 0 Å². The number of hydrogen-bond acceptors (Lipinski definition) is 3. The lowest BCUT2D eigenvalue weighted by molar-refractivity contribution is 1.18. The van der Waals surface area contributed by atoms with E-state index in [1.54, 1.807) is 0 Å². The van der Waals surface area contributed by atoms with Crippen molar-refractivity contribution in [2.45, 2.75) is 6.92 Å². The van der Waals surface area contributed by atoms with Gasteiger partial charge in [0.05, 0.1) is 11.4 Å². The van der Waals surface area contributed by atoms with Crippen molar-refractivity contribution in [2.75, 3.05) is 0 Å². The van der Waals surface area contributed by atoms with Gasteiger partial charge in [-0.2, -0.15) is 0 Å². The first-order valence-electron chi connectivity index (χ1n) is 20.7. The lowest BCUT2D eigenvalue weighted by Crippen LogP contribution is -1.97. The summed E-state index contributed by atoms with van der Waals surface area (Å²) in [6.07, 6.45) is 1.87. The van der Waals surface area contributed by atoms with Gasteiger partial charge in [-0.05, 0) is 126 Å². The van der Waals surface area contributed by atoms with Crippen molar-refractivity contribution in [1.29, 1.82) is 0 Å². The fraction of sp³-hybridized carbons (Fsp3) is 0.0172. The van der Waals surface area contributed by atoms with E-state index in [0.29, 0.717) is 5.82 Å². The van der Waals surface area contributed by atoms with E-state index in [4.69, 9.17) is 9.97 Å². The van der Waals surface area contributed by atoms with E-state index >= 15 is 0 Å². The number of rotatable bonds is 7. The van der Waals surface area contributed by atoms with Gasteiger partial charge in [0.25, 0.3) is 0 Å². The van der Waals surface area contributed by atoms with Gasteiger partial charge in [0.1, 0.15) is 0 Å². The largest absolute Gasteiger partial charge is 0.262 e. The molecular weight excluding hydrogens is 739 g/mol. The number of aromatic nitrogens is 3. The molecule has 0 spiro atoms. The Kier molecular flexibility index (Phi) is 9.05. The van der Waals surface area contributed by atoms with Gasteiger partial charge in [-0.15, -0.1) is 0 Å². The smallest absolute Gasteiger partial charge is 0.160 e. The molecule has 0 atom stereocenters. The summed E-state index contributed by atoms with van der Waals surface area (Å²) in [5.74, 6) is 0.682. The predicted octanol–water partition coefficient (Wildman–Crippen LogP) is 15.3. The molecule has 2 aromatic heterocycles. The third-order valence-electron chi connectivity index (χ3n) is 11.8. The molecule has 0 aliphatic carbocycles. The van der Waals surface area contributed by atoms with E-state index in [1.807, 2.05) is 25.3 Å². The lowest BCUT2D eigenvalue weighted by Gasteiger charge is -2.15. The highest BCUT2D eigenvalue weighted by atomic mass is 14.9. The first kappa shape index (κ1) is 36.1. The van der Waals surface area contributed by atoms with Crippen molar-refractivity contribution in [3.63, 3.8) is 0 Å². The summed E-state index contributed by atoms with van der Waals surface area (Å²) in [7, 11) is 0. The first-order valence-corrected chi connectivity index (χ1v) is 20.7. The quantitative estimate of drug-likeness (QED) is 0.151. The molecule has 11 rings (SSSR count). The van der Waals surface area contributed by atoms with Gasteiger partial charge in [0, 0.05) is 28.6 Å². The summed E-state index contributed by atoms with van der Waals surface area (Å²) in [4.78, 5) is 14.9. The maximum atomic E-state index is 5.27. The molecule has 9 aromatic carbocycles. The summed E-state index contributed by atoms with van der Waals surface area (Å²) in [5.41, 5.74) is 15.0. The SMILES string of the molecule is Cc1cc(-c2ccc(-c3ccc(-c4cc(-c5ccc6c7ccccc7c7ccccc7c6c5)cc(-c5nc(-c6ccccc6)cc(-c6ccccc6)n5)c4)cc3)cc2)ccn1. The molecule has 0 aliphatic rings. The van der Waals surface area contributed by atoms with Crippen LogP contribution < -0.4 is 0 Å². The number of aryl methyl sites for hydroxylation is 1. The normalized spacial score (nSPS) is 11.4. The number of nitrogens with zero attached hydrogens (tertiary/aromatic N) is 3. The second kappa shape index (κ2) is 15.3. The van der Waals surface area contributed by atoms with Gasteiger partial charge in [-0.25, -0.2) is 9.97 Å². The topological polar surface area (TPSA) is 38.7 Å². The van der Waals surface area contributed by atoms with E-state index in [0.717, 1.165) is 61.6 Å². The number of pyridine rings is 1. The molecule has 0 N–H and O–H groups in total. The molecule has 0 amide bonds. The number of benzene rings is 9. The first-order chi connectivity index (χ1) is 30.1. The third-order valence-corrected chi connectivity index (χ3v) is 11.8. The molecule has 11 aromatic rings. The zero-order valence-electron chi connectivity index (χ0n) is 33.6. The van der Waals surface area contributed by atoms with Crippen LogP contribution in [0.3, 0.4) is 0 Å². The number of fused-ring (bicyclic) bond motifs is 6. The van der Waals surface area contributed by atoms with E-state index in [9.17, 15) is 0 Å². The molecule has 3 heteroatoms. The molecule has 3 nitrogen and oxygen atoms in total. The van der Waals surface area contributed by atoms with Gasteiger partial charge in [-0.3, -0.25) is 4.98 Å². The van der Waals surface area contributed by atoms with Crippen molar-refractivity contribution in [1.82, 2.24) is 15.0 Å². The monoisotopic (exact) mass is 777 g/mol. The van der Waals surface area contributed by atoms with Crippen LogP contribution in [0.15, 0.2) is 219 Å². The van der Waals surface area contributed by atoms with Crippen LogP contribution in [0.5, 0.6) is 0 Å². The molecule has 286 valence electrons. The summed E-state index contributed by atoms with van der Waals surface area (Å²) in [6, 6.07) is 76.0. The zero-order chi connectivity index (χ0) is 40.7. The Morgan fingerprint density at radius 3 is 1.18 bits per heavy atom. The van der Waals surface area contributed by atoms with Gasteiger partial charge < -0.3 is 0 Å². The van der Waals surface area contributed by atoms with E-state index in [2.05, 4.69) is 205 Å². The Balaban J connectivity index is 1.07. The van der Waals surface area contributed by atoms with E-state index < -0.39 is 0 Å². The van der Waals surface area contributed by atoms with Crippen LogP contribution in [0, 0.1) is 6.92 Å². The second-order valence-electron chi connectivity index (χ2n) is 15.7. The molecule has 0 fully saturated rings. The molecule has 0 saturated heterocycles. The van der Waals surface area contributed by atoms with Crippen LogP contribution in [-0.2, 0) is 0 Å². The Morgan fingerprint density at radius 2 is 0.656 bits per heavy atom. The minimum atomic E-state index is 0.682. The Labute approximate surface area is 355 Å². The Bertz CT molecular complexity index is 3300. The summed E-state index contributed by atoms with van der Waals surface area (Å²) < 4.78 is 0. The zero-order valence-corrected chi connectivity index (χ0v) is 33.6. The molecule has 0 bridgehead atoms. The van der Waals surface area contributed by atoms with Gasteiger partial charge in [0.15, 0.2) is 5.82 Å². The highest BCUT2D eigenvalue weighted by molar-refractivity contribution is 6.25. The van der Waals surface area contributed by atoms with Crippen LogP contribution in [-0.4, -0.2) is 15.0 Å². The molecule has 0 saturated carbocycles. The van der Waals surface area contributed by atoms with Crippen LogP contribution in [0.1, 0.15) is 5.69 Å². The molecule has 0 unspecified atom stereocenters. The van der Waals surface area contributed by atoms with E-state index in [1.165, 1.54) is 49.0 Å². The minimum Gasteiger partial charge on any atom is -0.262 e. The van der Waals surface area contributed by atoms with Crippen LogP contribution in [0.4, 0.5) is 0 Å². The Hall–Kier alpha value is -8.01. The van der Waals surface area contributed by atoms with Crippen molar-refractivity contribution >= 4 is 32.3 Å². The molecule has 0 aliphatic heterocycles. The Morgan fingerprint density at radius 1 is 0.262 bits per heavy atom. The molecule has 0 radical (unpaired) electrons. The minimum absolute atomic E-state index is 0.682. The van der Waals surface area contributed by atoms with Crippen LogP contribution in [0.2, 0.25) is 0 Å². The highest BCUT2D eigenvalue weighted by Crippen LogP contribution is 2.40. The average Bonchev–Trinajstić information content (AvgIpc) is 3.34. The second-order valence-corrected chi connectivity index (χ2v) is 15.7. The lowest BCUT2D eigenvalue weighted by atomic mass is 9.90. The standard InChI is InChI=1S/C58H39N3/c1-38-32-46(30-31-59-38)41-24-20-39(21-25-41)40-22-26-42(27-23-40)47-33-48(45-28-29-54-52-18-9-8-16-50(52)51-17-10-11-19-53(51)55(54)36-45)35-49(34-47)58-60-56(43-12-4-2-5-13-43)37-57(61-58)44-14-6-3-7-15-44/h2-37H,1H3. The van der Waals surface area contributed by atoms with Crippen molar-refractivity contribution in [3.05, 3.63) is 224 Å². The number of hydrogen-bond donors (Lipinski definition) is 0. The molecule has 2 heterocycles.